The highest BCUT2D eigenvalue weighted by atomic mass is 16.5. The van der Waals surface area contributed by atoms with E-state index in [0.717, 1.165) is 6.42 Å². The molecule has 2 unspecified atom stereocenters. The molecule has 2 N–H and O–H groups in total. The number of amides is 2. The molecule has 1 aliphatic rings. The molecule has 0 spiro atoms. The quantitative estimate of drug-likeness (QED) is 0.808. The van der Waals surface area contributed by atoms with Crippen LogP contribution < -0.4 is 5.32 Å². The molecular formula is C13H24N2O4. The molecule has 1 heterocycles. The molecule has 1 rings (SSSR count). The van der Waals surface area contributed by atoms with Crippen LogP contribution in [-0.2, 0) is 9.53 Å². The summed E-state index contributed by atoms with van der Waals surface area (Å²) < 4.78 is 5.04. The number of hydrogen-bond donors (Lipinski definition) is 2. The molecule has 0 aromatic carbocycles. The lowest BCUT2D eigenvalue weighted by molar-refractivity contribution is -0.143. The van der Waals surface area contributed by atoms with Crippen LogP contribution in [0.5, 0.6) is 0 Å². The molecule has 0 saturated carbocycles. The average molecular weight is 272 g/mol. The Bertz CT molecular complexity index is 344. The van der Waals surface area contributed by atoms with Gasteiger partial charge in [0.25, 0.3) is 0 Å². The fourth-order valence-electron chi connectivity index (χ4n) is 2.38. The van der Waals surface area contributed by atoms with Crippen LogP contribution in [0.1, 0.15) is 33.6 Å². The van der Waals surface area contributed by atoms with E-state index in [1.165, 1.54) is 4.90 Å². The lowest BCUT2D eigenvalue weighted by Gasteiger charge is -2.38. The number of hydrogen-bond acceptors (Lipinski definition) is 3. The fraction of sp³-hybridized carbons (Fsp3) is 0.846. The molecule has 1 fully saturated rings. The second-order valence-electron chi connectivity index (χ2n) is 5.92. The van der Waals surface area contributed by atoms with Gasteiger partial charge in [0.2, 0.25) is 0 Å². The number of methoxy groups -OCH3 is 1. The van der Waals surface area contributed by atoms with E-state index in [1.807, 2.05) is 20.8 Å². The van der Waals surface area contributed by atoms with Crippen LogP contribution in [0.15, 0.2) is 0 Å². The summed E-state index contributed by atoms with van der Waals surface area (Å²) in [5.74, 6) is -0.608. The van der Waals surface area contributed by atoms with Gasteiger partial charge >= 0.3 is 12.0 Å². The van der Waals surface area contributed by atoms with Crippen molar-refractivity contribution in [3.63, 3.8) is 0 Å². The Morgan fingerprint density at radius 1 is 1.47 bits per heavy atom. The molecule has 0 aromatic heterocycles. The van der Waals surface area contributed by atoms with Gasteiger partial charge in [0.05, 0.1) is 12.1 Å². The predicted octanol–water partition coefficient (Wildman–Crippen LogP) is 1.31. The van der Waals surface area contributed by atoms with E-state index in [2.05, 4.69) is 5.32 Å². The number of piperidine rings is 1. The van der Waals surface area contributed by atoms with Gasteiger partial charge in [0.15, 0.2) is 0 Å². The number of urea groups is 1. The van der Waals surface area contributed by atoms with Gasteiger partial charge < -0.3 is 20.1 Å². The monoisotopic (exact) mass is 272 g/mol. The van der Waals surface area contributed by atoms with Gasteiger partial charge in [-0.25, -0.2) is 9.59 Å². The molecule has 0 bridgehead atoms. The van der Waals surface area contributed by atoms with Gasteiger partial charge in [-0.15, -0.1) is 0 Å². The van der Waals surface area contributed by atoms with Crippen molar-refractivity contribution in [3.05, 3.63) is 0 Å². The van der Waals surface area contributed by atoms with Crippen molar-refractivity contribution in [2.45, 2.75) is 45.2 Å². The smallest absolute Gasteiger partial charge is 0.326 e. The highest BCUT2D eigenvalue weighted by Gasteiger charge is 2.36. The Hall–Kier alpha value is -1.30. The SMILES string of the molecule is COCC(C)(C)NC(=O)N1CCC(C)CC1C(=O)O. The number of carboxylic acids is 1. The Labute approximate surface area is 114 Å². The van der Waals surface area contributed by atoms with E-state index < -0.39 is 17.6 Å². The Morgan fingerprint density at radius 3 is 2.63 bits per heavy atom. The van der Waals surface area contributed by atoms with Gasteiger partial charge in [-0.05, 0) is 32.6 Å². The minimum absolute atomic E-state index is 0.331. The molecule has 0 radical (unpaired) electrons. The van der Waals surface area contributed by atoms with Gasteiger partial charge in [-0.2, -0.15) is 0 Å². The van der Waals surface area contributed by atoms with Crippen molar-refractivity contribution in [2.75, 3.05) is 20.3 Å². The number of rotatable bonds is 4. The van der Waals surface area contributed by atoms with Crippen LogP contribution in [0.3, 0.4) is 0 Å². The molecule has 0 aliphatic carbocycles. The van der Waals surface area contributed by atoms with Crippen molar-refractivity contribution in [1.82, 2.24) is 10.2 Å². The topological polar surface area (TPSA) is 78.9 Å². The van der Waals surface area contributed by atoms with Gasteiger partial charge in [0, 0.05) is 13.7 Å². The molecule has 2 atom stereocenters. The first-order valence-corrected chi connectivity index (χ1v) is 6.57. The van der Waals surface area contributed by atoms with Crippen LogP contribution in [0.2, 0.25) is 0 Å². The van der Waals surface area contributed by atoms with Crippen LogP contribution in [-0.4, -0.2) is 53.8 Å². The maximum absolute atomic E-state index is 12.2. The van der Waals surface area contributed by atoms with Crippen LogP contribution in [0.4, 0.5) is 4.79 Å². The third kappa shape index (κ3) is 4.38. The molecule has 110 valence electrons. The summed E-state index contributed by atoms with van der Waals surface area (Å²) in [5.41, 5.74) is -0.516. The largest absolute Gasteiger partial charge is 0.480 e. The minimum atomic E-state index is -0.939. The molecule has 19 heavy (non-hydrogen) atoms. The normalized spacial score (nSPS) is 24.1. The minimum Gasteiger partial charge on any atom is -0.480 e. The number of likely N-dealkylation sites (tertiary alicyclic amines) is 1. The molecule has 6 nitrogen and oxygen atoms in total. The number of nitrogens with one attached hydrogen (secondary N) is 1. The predicted molar refractivity (Wildman–Crippen MR) is 71.0 cm³/mol. The zero-order valence-corrected chi connectivity index (χ0v) is 12.1. The average Bonchev–Trinajstić information content (AvgIpc) is 2.27. The molecule has 1 aliphatic heterocycles. The van der Waals surface area contributed by atoms with E-state index in [0.29, 0.717) is 25.5 Å². The highest BCUT2D eigenvalue weighted by Crippen LogP contribution is 2.23. The molecular weight excluding hydrogens is 248 g/mol. The van der Waals surface area contributed by atoms with Crippen LogP contribution >= 0.6 is 0 Å². The number of carbonyl (C=O) groups excluding carboxylic acids is 1. The fourth-order valence-corrected chi connectivity index (χ4v) is 2.38. The second kappa shape index (κ2) is 6.23. The van der Waals surface area contributed by atoms with E-state index in [-0.39, 0.29) is 6.03 Å². The third-order valence-electron chi connectivity index (χ3n) is 3.36. The van der Waals surface area contributed by atoms with Gasteiger partial charge in [-0.1, -0.05) is 6.92 Å². The number of aliphatic carboxylic acids is 1. The second-order valence-corrected chi connectivity index (χ2v) is 5.92. The Morgan fingerprint density at radius 2 is 2.11 bits per heavy atom. The number of carbonyl (C=O) groups is 2. The number of nitrogens with zero attached hydrogens (tertiary/aromatic N) is 1. The summed E-state index contributed by atoms with van der Waals surface area (Å²) in [6.07, 6.45) is 1.34. The van der Waals surface area contributed by atoms with E-state index in [9.17, 15) is 14.7 Å². The van der Waals surface area contributed by atoms with Crippen molar-refractivity contribution in [1.29, 1.82) is 0 Å². The number of ether oxygens (including phenoxy) is 1. The maximum atomic E-state index is 12.2. The summed E-state index contributed by atoms with van der Waals surface area (Å²) >= 11 is 0. The van der Waals surface area contributed by atoms with Crippen LogP contribution in [0.25, 0.3) is 0 Å². The summed E-state index contributed by atoms with van der Waals surface area (Å²) in [6.45, 7) is 6.56. The first-order chi connectivity index (χ1) is 8.76. The van der Waals surface area contributed by atoms with Gasteiger partial charge in [-0.3, -0.25) is 0 Å². The van der Waals surface area contributed by atoms with Crippen molar-refractivity contribution < 1.29 is 19.4 Å². The highest BCUT2D eigenvalue weighted by molar-refractivity contribution is 5.83. The van der Waals surface area contributed by atoms with E-state index in [4.69, 9.17) is 4.74 Å². The number of carboxylic acid groups (broad SMARTS) is 1. The van der Waals surface area contributed by atoms with Crippen molar-refractivity contribution in [3.8, 4) is 0 Å². The lowest BCUT2D eigenvalue weighted by Crippen LogP contribution is -2.58. The summed E-state index contributed by atoms with van der Waals surface area (Å²) in [4.78, 5) is 24.9. The molecule has 1 saturated heterocycles. The molecule has 0 aromatic rings. The first-order valence-electron chi connectivity index (χ1n) is 6.57. The van der Waals surface area contributed by atoms with Crippen molar-refractivity contribution >= 4 is 12.0 Å². The maximum Gasteiger partial charge on any atom is 0.326 e. The third-order valence-corrected chi connectivity index (χ3v) is 3.36. The summed E-state index contributed by atoms with van der Waals surface area (Å²) in [6, 6.07) is -1.07. The summed E-state index contributed by atoms with van der Waals surface area (Å²) in [7, 11) is 1.57. The first kappa shape index (κ1) is 15.8. The Kier molecular flexibility index (Phi) is 5.17. The van der Waals surface area contributed by atoms with Crippen molar-refractivity contribution in [2.24, 2.45) is 5.92 Å². The van der Waals surface area contributed by atoms with E-state index >= 15 is 0 Å². The van der Waals surface area contributed by atoms with E-state index in [1.54, 1.807) is 7.11 Å². The zero-order chi connectivity index (χ0) is 14.6. The van der Waals surface area contributed by atoms with Crippen LogP contribution in [0, 0.1) is 5.92 Å². The molecule has 6 heteroatoms. The van der Waals surface area contributed by atoms with Gasteiger partial charge in [0.1, 0.15) is 6.04 Å². The Balaban J connectivity index is 2.71. The molecule has 2 amide bonds. The lowest BCUT2D eigenvalue weighted by atomic mass is 9.92. The summed E-state index contributed by atoms with van der Waals surface area (Å²) in [5, 5.41) is 12.1. The zero-order valence-electron chi connectivity index (χ0n) is 12.1. The standard InChI is InChI=1S/C13H24N2O4/c1-9-5-6-15(10(7-9)11(16)17)12(18)14-13(2,3)8-19-4/h9-10H,5-8H2,1-4H3,(H,14,18)(H,16,17).